The number of rotatable bonds is 11. The van der Waals surface area contributed by atoms with Crippen LogP contribution in [0, 0.1) is 5.75 Å². The Morgan fingerprint density at radius 2 is 1.60 bits per heavy atom. The number of hydrogen-bond acceptors (Lipinski definition) is 4. The van der Waals surface area contributed by atoms with Crippen LogP contribution in [-0.4, -0.2) is 62.2 Å². The third kappa shape index (κ3) is 6.66. The fourth-order valence-corrected chi connectivity index (χ4v) is 4.12. The summed E-state index contributed by atoms with van der Waals surface area (Å²) in [6.45, 7) is 13.1. The van der Waals surface area contributed by atoms with Gasteiger partial charge in [-0.1, -0.05) is 72.9 Å². The van der Waals surface area contributed by atoms with Crippen LogP contribution in [0.5, 0.6) is 0 Å². The topological polar surface area (TPSA) is 23.6 Å². The number of nitrogens with zero attached hydrogens (tertiary/aromatic N) is 2. The maximum Gasteiger partial charge on any atom is 0.165 e. The lowest BCUT2D eigenvalue weighted by atomic mass is 10.0. The molecule has 0 saturated heterocycles. The maximum atomic E-state index is 12.8. The smallest absolute Gasteiger partial charge is 0.165 e. The molecular weight excluding hydrogens is 498 g/mol. The molecule has 0 aromatic carbocycles. The van der Waals surface area contributed by atoms with Gasteiger partial charge in [-0.2, -0.15) is 12.6 Å². The van der Waals surface area contributed by atoms with Gasteiger partial charge in [-0.3, -0.25) is 9.69 Å². The van der Waals surface area contributed by atoms with E-state index in [9.17, 15) is 4.79 Å². The molecule has 0 N–H and O–H groups in total. The largest absolute Gasteiger partial charge is 0.302 e. The van der Waals surface area contributed by atoms with Crippen molar-refractivity contribution in [2.75, 3.05) is 32.7 Å². The number of ketones is 1. The van der Waals surface area contributed by atoms with Gasteiger partial charge in [0, 0.05) is 16.2 Å². The maximum absolute atomic E-state index is 12.8. The van der Waals surface area contributed by atoms with Crippen molar-refractivity contribution in [2.24, 2.45) is 0 Å². The zero-order valence-corrected chi connectivity index (χ0v) is 18.1. The number of alkyl halides is 2. The summed E-state index contributed by atoms with van der Waals surface area (Å²) >= 11 is 8.89. The standard InChI is InChI=1S/C14H27I2N2OS/c1-5-17(6-2)9-11(15)14(19)13(12(16)10-20)18(7-3)8-4/h10-13,20H,5-9H2,1-4H3. The van der Waals surface area contributed by atoms with E-state index in [4.69, 9.17) is 0 Å². The highest BCUT2D eigenvalue weighted by Crippen LogP contribution is 2.22. The molecule has 0 rings (SSSR count). The minimum Gasteiger partial charge on any atom is -0.302 e. The molecular formula is C14H27I2N2OS. The van der Waals surface area contributed by atoms with E-state index in [-0.39, 0.29) is 13.9 Å². The van der Waals surface area contributed by atoms with Gasteiger partial charge in [0.25, 0.3) is 0 Å². The predicted octanol–water partition coefficient (Wildman–Crippen LogP) is 3.31. The van der Waals surface area contributed by atoms with Gasteiger partial charge < -0.3 is 4.90 Å². The summed E-state index contributed by atoms with van der Waals surface area (Å²) in [4.78, 5) is 17.4. The molecule has 0 aromatic heterocycles. The molecule has 0 saturated carbocycles. The summed E-state index contributed by atoms with van der Waals surface area (Å²) in [5.74, 6) is 2.16. The van der Waals surface area contributed by atoms with Gasteiger partial charge in [-0.15, -0.1) is 0 Å². The average molecular weight is 525 g/mol. The van der Waals surface area contributed by atoms with Crippen LogP contribution >= 0.6 is 57.8 Å². The van der Waals surface area contributed by atoms with Crippen molar-refractivity contribution in [3.05, 3.63) is 5.75 Å². The van der Waals surface area contributed by atoms with Crippen LogP contribution in [0.4, 0.5) is 0 Å². The molecule has 0 aliphatic rings. The van der Waals surface area contributed by atoms with E-state index in [2.05, 4.69) is 95.3 Å². The highest BCUT2D eigenvalue weighted by atomic mass is 127. The summed E-state index contributed by atoms with van der Waals surface area (Å²) in [6.07, 6.45) is 0. The van der Waals surface area contributed by atoms with Gasteiger partial charge in [-0.05, 0) is 26.2 Å². The third-order valence-corrected chi connectivity index (χ3v) is 6.50. The van der Waals surface area contributed by atoms with E-state index in [1.54, 1.807) is 0 Å². The zero-order chi connectivity index (χ0) is 15.7. The molecule has 0 fully saturated rings. The summed E-state index contributed by atoms with van der Waals surface area (Å²) in [5, 5.41) is 0. The number of hydrogen-bond donors (Lipinski definition) is 1. The Bertz CT molecular complexity index is 274. The third-order valence-electron chi connectivity index (χ3n) is 3.56. The van der Waals surface area contributed by atoms with E-state index in [1.807, 2.05) is 5.75 Å². The van der Waals surface area contributed by atoms with Crippen molar-refractivity contribution in [3.8, 4) is 0 Å². The summed E-state index contributed by atoms with van der Waals surface area (Å²) in [7, 11) is 0. The number of carbonyl (C=O) groups excluding carboxylic acids is 1. The predicted molar refractivity (Wildman–Crippen MR) is 108 cm³/mol. The Balaban J connectivity index is 4.93. The van der Waals surface area contributed by atoms with Crippen LogP contribution in [0.15, 0.2) is 0 Å². The molecule has 0 spiro atoms. The highest BCUT2D eigenvalue weighted by Gasteiger charge is 2.34. The van der Waals surface area contributed by atoms with Crippen LogP contribution in [0.25, 0.3) is 0 Å². The minimum atomic E-state index is -0.0689. The molecule has 3 nitrogen and oxygen atoms in total. The average Bonchev–Trinajstić information content (AvgIpc) is 2.48. The van der Waals surface area contributed by atoms with Gasteiger partial charge >= 0.3 is 0 Å². The van der Waals surface area contributed by atoms with Gasteiger partial charge in [0.1, 0.15) is 0 Å². The van der Waals surface area contributed by atoms with E-state index in [1.165, 1.54) is 0 Å². The quantitative estimate of drug-likeness (QED) is 0.255. The van der Waals surface area contributed by atoms with Crippen molar-refractivity contribution in [1.82, 2.24) is 9.80 Å². The molecule has 1 radical (unpaired) electrons. The molecule has 6 heteroatoms. The van der Waals surface area contributed by atoms with Crippen LogP contribution in [0.2, 0.25) is 0 Å². The fourth-order valence-electron chi connectivity index (χ4n) is 2.22. The minimum absolute atomic E-state index is 0.0312. The molecule has 0 aliphatic heterocycles. The number of halogens is 2. The Kier molecular flexibility index (Phi) is 12.7. The van der Waals surface area contributed by atoms with Gasteiger partial charge in [-0.25, -0.2) is 0 Å². The molecule has 3 unspecified atom stereocenters. The van der Waals surface area contributed by atoms with E-state index < -0.39 is 0 Å². The van der Waals surface area contributed by atoms with Gasteiger partial charge in [0.2, 0.25) is 0 Å². The number of thiol groups is 1. The lowest BCUT2D eigenvalue weighted by Gasteiger charge is -2.33. The first-order chi connectivity index (χ1) is 9.46. The van der Waals surface area contributed by atoms with E-state index in [0.29, 0.717) is 5.78 Å². The Morgan fingerprint density at radius 1 is 1.10 bits per heavy atom. The summed E-state index contributed by atoms with van der Waals surface area (Å²) in [6, 6.07) is -0.0689. The monoisotopic (exact) mass is 525 g/mol. The van der Waals surface area contributed by atoms with E-state index >= 15 is 0 Å². The Hall–Kier alpha value is 1.40. The first-order valence-electron chi connectivity index (χ1n) is 7.22. The normalized spacial score (nSPS) is 16.4. The van der Waals surface area contributed by atoms with Crippen LogP contribution in [0.3, 0.4) is 0 Å². The van der Waals surface area contributed by atoms with Crippen molar-refractivity contribution >= 4 is 63.6 Å². The second-order valence-corrected chi connectivity index (χ2v) is 7.86. The van der Waals surface area contributed by atoms with Crippen molar-refractivity contribution in [3.63, 3.8) is 0 Å². The second kappa shape index (κ2) is 11.9. The molecule has 0 heterocycles. The molecule has 3 atom stereocenters. The van der Waals surface area contributed by atoms with Crippen LogP contribution in [-0.2, 0) is 4.79 Å². The number of Topliss-reactive ketones (excluding diaryl/α,β-unsaturated/α-hetero) is 1. The van der Waals surface area contributed by atoms with Crippen molar-refractivity contribution in [2.45, 2.75) is 41.6 Å². The molecule has 0 aromatic rings. The van der Waals surface area contributed by atoms with Crippen molar-refractivity contribution in [1.29, 1.82) is 0 Å². The number of carbonyl (C=O) groups is 1. The first-order valence-corrected chi connectivity index (χ1v) is 10.2. The first kappa shape index (κ1) is 21.4. The fraction of sp³-hybridized carbons (Fsp3) is 0.857. The molecule has 20 heavy (non-hydrogen) atoms. The second-order valence-electron chi connectivity index (χ2n) is 4.62. The van der Waals surface area contributed by atoms with Crippen molar-refractivity contribution < 1.29 is 4.79 Å². The summed E-state index contributed by atoms with van der Waals surface area (Å²) < 4.78 is 0.168. The molecule has 0 aliphatic carbocycles. The van der Waals surface area contributed by atoms with Gasteiger partial charge in [0.15, 0.2) is 5.78 Å². The molecule has 119 valence electrons. The highest BCUT2D eigenvalue weighted by molar-refractivity contribution is 14.1. The molecule has 0 bridgehead atoms. The van der Waals surface area contributed by atoms with Crippen LogP contribution in [0.1, 0.15) is 27.7 Å². The molecule has 0 amide bonds. The van der Waals surface area contributed by atoms with E-state index in [0.717, 1.165) is 32.7 Å². The summed E-state index contributed by atoms with van der Waals surface area (Å²) in [5.41, 5.74) is 0. The Labute approximate surface area is 157 Å². The van der Waals surface area contributed by atoms with Crippen LogP contribution < -0.4 is 0 Å². The Morgan fingerprint density at radius 3 is 1.95 bits per heavy atom. The lowest BCUT2D eigenvalue weighted by molar-refractivity contribution is -0.123. The zero-order valence-electron chi connectivity index (χ0n) is 12.9. The van der Waals surface area contributed by atoms with Gasteiger partial charge in [0.05, 0.1) is 9.97 Å². The number of likely N-dealkylation sites (N-methyl/N-ethyl adjacent to an activating group) is 1. The SMILES string of the molecule is CCN(CC)CC(I)C(=O)C(C(I)[CH]S)N(CC)CC. The lowest BCUT2D eigenvalue weighted by Crippen LogP contribution is -2.51.